The molecule has 2 aromatic rings. The zero-order valence-electron chi connectivity index (χ0n) is 16.3. The maximum Gasteiger partial charge on any atom is 0.573 e. The van der Waals surface area contributed by atoms with Crippen LogP contribution in [0.25, 0.3) is 5.57 Å². The van der Waals surface area contributed by atoms with Gasteiger partial charge in [-0.3, -0.25) is 14.5 Å². The van der Waals surface area contributed by atoms with Crippen LogP contribution in [0.2, 0.25) is 0 Å². The molecule has 3 rings (SSSR count). The zero-order valence-corrected chi connectivity index (χ0v) is 16.3. The van der Waals surface area contributed by atoms with Gasteiger partial charge in [0.25, 0.3) is 11.8 Å². The van der Waals surface area contributed by atoms with Crippen molar-refractivity contribution in [1.29, 1.82) is 0 Å². The molecule has 0 unspecified atom stereocenters. The second-order valence-electron chi connectivity index (χ2n) is 6.56. The van der Waals surface area contributed by atoms with E-state index in [1.165, 1.54) is 31.4 Å². The van der Waals surface area contributed by atoms with Crippen molar-refractivity contribution >= 4 is 23.1 Å². The summed E-state index contributed by atoms with van der Waals surface area (Å²) < 4.78 is 59.1. The van der Waals surface area contributed by atoms with E-state index < -0.39 is 29.7 Å². The number of halogens is 4. The Morgan fingerprint density at radius 3 is 2.19 bits per heavy atom. The summed E-state index contributed by atoms with van der Waals surface area (Å²) >= 11 is 0. The summed E-state index contributed by atoms with van der Waals surface area (Å²) in [4.78, 5) is 26.9. The van der Waals surface area contributed by atoms with Crippen molar-refractivity contribution in [2.45, 2.75) is 12.8 Å². The van der Waals surface area contributed by atoms with Crippen LogP contribution in [0, 0.1) is 5.82 Å². The van der Waals surface area contributed by atoms with E-state index in [0.29, 0.717) is 18.6 Å². The molecule has 0 bridgehead atoms. The van der Waals surface area contributed by atoms with E-state index in [4.69, 9.17) is 4.74 Å². The Bertz CT molecular complexity index is 986. The van der Waals surface area contributed by atoms with E-state index in [-0.39, 0.29) is 23.5 Å². The number of imide groups is 1. The molecule has 6 nitrogen and oxygen atoms in total. The van der Waals surface area contributed by atoms with Crippen molar-refractivity contribution < 1.29 is 36.6 Å². The minimum absolute atomic E-state index is 0.0398. The average molecular weight is 438 g/mol. The van der Waals surface area contributed by atoms with E-state index in [9.17, 15) is 27.2 Å². The summed E-state index contributed by atoms with van der Waals surface area (Å²) in [7, 11) is 1.50. The first-order chi connectivity index (χ1) is 14.7. The molecule has 1 heterocycles. The highest BCUT2D eigenvalue weighted by Crippen LogP contribution is 2.31. The van der Waals surface area contributed by atoms with Gasteiger partial charge in [0.2, 0.25) is 0 Å². The van der Waals surface area contributed by atoms with Gasteiger partial charge in [-0.15, -0.1) is 13.2 Å². The van der Waals surface area contributed by atoms with Crippen LogP contribution < -0.4 is 10.1 Å². The highest BCUT2D eigenvalue weighted by atomic mass is 19.4. The second kappa shape index (κ2) is 9.17. The zero-order chi connectivity index (χ0) is 22.6. The molecule has 31 heavy (non-hydrogen) atoms. The van der Waals surface area contributed by atoms with E-state index in [1.807, 2.05) is 0 Å². The minimum atomic E-state index is -4.83. The molecule has 0 radical (unpaired) electrons. The quantitative estimate of drug-likeness (QED) is 0.384. The van der Waals surface area contributed by atoms with Crippen molar-refractivity contribution in [3.8, 4) is 5.75 Å². The second-order valence-corrected chi connectivity index (χ2v) is 6.56. The number of hydrogen-bond acceptors (Lipinski definition) is 5. The Hall–Kier alpha value is -3.40. The van der Waals surface area contributed by atoms with Crippen LogP contribution in [0.4, 0.5) is 23.2 Å². The Morgan fingerprint density at radius 2 is 1.61 bits per heavy atom. The van der Waals surface area contributed by atoms with E-state index in [1.54, 1.807) is 0 Å². The van der Waals surface area contributed by atoms with E-state index >= 15 is 0 Å². The maximum atomic E-state index is 13.3. The first kappa shape index (κ1) is 22.3. The highest BCUT2D eigenvalue weighted by Gasteiger charge is 2.39. The number of carbonyl (C=O) groups is 2. The van der Waals surface area contributed by atoms with Crippen LogP contribution in [0.1, 0.15) is 12.0 Å². The minimum Gasteiger partial charge on any atom is -0.406 e. The topological polar surface area (TPSA) is 67.9 Å². The first-order valence-corrected chi connectivity index (χ1v) is 9.18. The Labute approximate surface area is 175 Å². The number of anilines is 1. The fourth-order valence-corrected chi connectivity index (χ4v) is 3.03. The largest absolute Gasteiger partial charge is 0.573 e. The summed E-state index contributed by atoms with van der Waals surface area (Å²) in [6.07, 6.45) is -4.41. The molecule has 0 saturated carbocycles. The number of amides is 2. The molecule has 2 aromatic carbocycles. The standard InChI is InChI=1S/C21H18F4N2O4/c1-30-12-2-11-27-19(28)17(13-3-5-14(22)6-4-13)18(20(27)29)26-15-7-9-16(10-8-15)31-21(23,24)25/h3-10,26H,2,11-12H2,1H3. The number of ether oxygens (including phenoxy) is 2. The lowest BCUT2D eigenvalue weighted by Crippen LogP contribution is -2.33. The smallest absolute Gasteiger partial charge is 0.406 e. The van der Waals surface area contributed by atoms with Gasteiger partial charge in [0.15, 0.2) is 0 Å². The number of benzene rings is 2. The van der Waals surface area contributed by atoms with Gasteiger partial charge in [-0.2, -0.15) is 0 Å². The van der Waals surface area contributed by atoms with Crippen molar-refractivity contribution in [3.63, 3.8) is 0 Å². The Morgan fingerprint density at radius 1 is 0.968 bits per heavy atom. The van der Waals surface area contributed by atoms with Gasteiger partial charge in [-0.25, -0.2) is 4.39 Å². The molecule has 0 atom stereocenters. The molecular weight excluding hydrogens is 420 g/mol. The van der Waals surface area contributed by atoms with Gasteiger partial charge in [0, 0.05) is 25.9 Å². The van der Waals surface area contributed by atoms with E-state index in [0.717, 1.165) is 29.2 Å². The molecule has 0 spiro atoms. The van der Waals surface area contributed by atoms with Crippen LogP contribution in [0.15, 0.2) is 54.2 Å². The van der Waals surface area contributed by atoms with Gasteiger partial charge in [-0.05, 0) is 48.4 Å². The Kier molecular flexibility index (Phi) is 6.59. The van der Waals surface area contributed by atoms with Crippen LogP contribution in [-0.2, 0) is 14.3 Å². The van der Waals surface area contributed by atoms with Crippen LogP contribution >= 0.6 is 0 Å². The summed E-state index contributed by atoms with van der Waals surface area (Å²) in [6, 6.07) is 9.77. The molecule has 0 saturated heterocycles. The highest BCUT2D eigenvalue weighted by molar-refractivity contribution is 6.36. The molecule has 10 heteroatoms. The summed E-state index contributed by atoms with van der Waals surface area (Å²) in [5.41, 5.74) is 0.578. The average Bonchev–Trinajstić information content (AvgIpc) is 2.93. The number of alkyl halides is 3. The van der Waals surface area contributed by atoms with Crippen molar-refractivity contribution in [3.05, 3.63) is 65.6 Å². The molecule has 164 valence electrons. The van der Waals surface area contributed by atoms with Crippen LogP contribution in [-0.4, -0.2) is 43.3 Å². The lowest BCUT2D eigenvalue weighted by atomic mass is 10.0. The monoisotopic (exact) mass is 438 g/mol. The number of carbonyl (C=O) groups excluding carboxylic acids is 2. The molecule has 0 aliphatic carbocycles. The fraction of sp³-hybridized carbons (Fsp3) is 0.238. The van der Waals surface area contributed by atoms with Gasteiger partial charge in [-0.1, -0.05) is 12.1 Å². The summed E-state index contributed by atoms with van der Waals surface area (Å²) in [6.45, 7) is 0.451. The maximum absolute atomic E-state index is 13.3. The first-order valence-electron chi connectivity index (χ1n) is 9.18. The molecular formula is C21H18F4N2O4. The van der Waals surface area contributed by atoms with Gasteiger partial charge in [0.05, 0.1) is 5.57 Å². The van der Waals surface area contributed by atoms with Crippen molar-refractivity contribution in [1.82, 2.24) is 4.90 Å². The molecule has 1 aliphatic rings. The summed E-state index contributed by atoms with van der Waals surface area (Å²) in [5, 5.41) is 2.80. The molecule has 1 N–H and O–H groups in total. The van der Waals surface area contributed by atoms with Crippen molar-refractivity contribution in [2.24, 2.45) is 0 Å². The number of nitrogens with zero attached hydrogens (tertiary/aromatic N) is 1. The molecule has 1 aliphatic heterocycles. The van der Waals surface area contributed by atoms with Crippen LogP contribution in [0.5, 0.6) is 5.75 Å². The van der Waals surface area contributed by atoms with Gasteiger partial charge < -0.3 is 14.8 Å². The number of rotatable bonds is 8. The molecule has 0 aromatic heterocycles. The molecule has 2 amide bonds. The third-order valence-corrected chi connectivity index (χ3v) is 4.39. The predicted molar refractivity (Wildman–Crippen MR) is 103 cm³/mol. The van der Waals surface area contributed by atoms with E-state index in [2.05, 4.69) is 10.1 Å². The number of nitrogens with one attached hydrogen (secondary N) is 1. The van der Waals surface area contributed by atoms with Crippen LogP contribution in [0.3, 0.4) is 0 Å². The third kappa shape index (κ3) is 5.40. The molecule has 0 fully saturated rings. The number of hydrogen-bond donors (Lipinski definition) is 1. The normalized spacial score (nSPS) is 14.4. The summed E-state index contributed by atoms with van der Waals surface area (Å²) in [5.74, 6) is -2.10. The lowest BCUT2D eigenvalue weighted by Gasteiger charge is -2.15. The van der Waals surface area contributed by atoms with Gasteiger partial charge >= 0.3 is 6.36 Å². The SMILES string of the molecule is COCCCN1C(=O)C(Nc2ccc(OC(F)(F)F)cc2)=C(c2ccc(F)cc2)C1=O. The third-order valence-electron chi connectivity index (χ3n) is 4.39. The predicted octanol–water partition coefficient (Wildman–Crippen LogP) is 3.95. The van der Waals surface area contributed by atoms with Crippen molar-refractivity contribution in [2.75, 3.05) is 25.6 Å². The van der Waals surface area contributed by atoms with Gasteiger partial charge in [0.1, 0.15) is 17.3 Å². The lowest BCUT2D eigenvalue weighted by molar-refractivity contribution is -0.274. The Balaban J connectivity index is 1.91. The number of methoxy groups -OCH3 is 1. The fourth-order valence-electron chi connectivity index (χ4n) is 3.03.